The number of aromatic amines is 1. The second kappa shape index (κ2) is 9.04. The number of benzene rings is 2. The minimum Gasteiger partial charge on any atom is -0.355 e. The van der Waals surface area contributed by atoms with Gasteiger partial charge < -0.3 is 15.6 Å². The number of fused-ring (bicyclic) bond motifs is 1. The van der Waals surface area contributed by atoms with Crippen LogP contribution in [0.25, 0.3) is 22.2 Å². The van der Waals surface area contributed by atoms with Crippen molar-refractivity contribution >= 4 is 28.4 Å². The third-order valence-electron chi connectivity index (χ3n) is 9.74. The standard InChI is InChI=1S/C32H37N3O2/c36-30(24-4-2-1-3-5-24)33-27-9-6-23(7-10-27)29-16-26-15-25(8-11-28(26)34-29)31(37)35-32-17-20-12-21(18-32)14-22(13-20)19-32/h6-11,15-16,20-22,24,34H,1-5,12-14,17-19H2,(H,33,36)(H,35,37). The normalized spacial score (nSPS) is 28.9. The summed E-state index contributed by atoms with van der Waals surface area (Å²) in [6, 6.07) is 16.1. The monoisotopic (exact) mass is 495 g/mol. The van der Waals surface area contributed by atoms with Gasteiger partial charge in [-0.25, -0.2) is 0 Å². The fourth-order valence-electron chi connectivity index (χ4n) is 8.35. The van der Waals surface area contributed by atoms with E-state index in [1.54, 1.807) is 0 Å². The lowest BCUT2D eigenvalue weighted by Gasteiger charge is -2.56. The molecule has 5 aliphatic rings. The van der Waals surface area contributed by atoms with Crippen molar-refractivity contribution in [2.45, 2.75) is 76.2 Å². The van der Waals surface area contributed by atoms with Gasteiger partial charge in [-0.3, -0.25) is 9.59 Å². The number of hydrogen-bond acceptors (Lipinski definition) is 2. The van der Waals surface area contributed by atoms with Crippen LogP contribution >= 0.6 is 0 Å². The molecule has 2 amide bonds. The lowest BCUT2D eigenvalue weighted by atomic mass is 9.53. The number of rotatable bonds is 5. The topological polar surface area (TPSA) is 74.0 Å². The van der Waals surface area contributed by atoms with Gasteiger partial charge in [0.15, 0.2) is 0 Å². The molecule has 1 heterocycles. The van der Waals surface area contributed by atoms with E-state index in [4.69, 9.17) is 0 Å². The van der Waals surface area contributed by atoms with Gasteiger partial charge in [0.1, 0.15) is 0 Å². The lowest BCUT2D eigenvalue weighted by Crippen LogP contribution is -2.59. The maximum absolute atomic E-state index is 13.3. The molecular formula is C32H37N3O2. The first-order valence-electron chi connectivity index (χ1n) is 14.4. The largest absolute Gasteiger partial charge is 0.355 e. The number of carbonyl (C=O) groups is 2. The van der Waals surface area contributed by atoms with E-state index in [1.807, 2.05) is 42.5 Å². The molecule has 192 valence electrons. The quantitative estimate of drug-likeness (QED) is 0.355. The van der Waals surface area contributed by atoms with Crippen molar-refractivity contribution in [3.8, 4) is 11.3 Å². The second-order valence-corrected chi connectivity index (χ2v) is 12.5. The molecule has 4 bridgehead atoms. The van der Waals surface area contributed by atoms with Crippen molar-refractivity contribution in [2.24, 2.45) is 23.7 Å². The summed E-state index contributed by atoms with van der Waals surface area (Å²) in [5.41, 5.74) is 4.72. The van der Waals surface area contributed by atoms with Gasteiger partial charge in [-0.05, 0) is 111 Å². The van der Waals surface area contributed by atoms with Crippen LogP contribution in [-0.2, 0) is 4.79 Å². The first-order valence-corrected chi connectivity index (χ1v) is 14.4. The van der Waals surface area contributed by atoms with E-state index in [2.05, 4.69) is 21.7 Å². The maximum atomic E-state index is 13.3. The van der Waals surface area contributed by atoms with Gasteiger partial charge in [-0.15, -0.1) is 0 Å². The van der Waals surface area contributed by atoms with Crippen molar-refractivity contribution in [3.05, 3.63) is 54.1 Å². The summed E-state index contributed by atoms with van der Waals surface area (Å²) in [5, 5.41) is 7.65. The Balaban J connectivity index is 1.05. The molecule has 3 N–H and O–H groups in total. The minimum absolute atomic E-state index is 0.0260. The summed E-state index contributed by atoms with van der Waals surface area (Å²) < 4.78 is 0. The van der Waals surface area contributed by atoms with Gasteiger partial charge in [0, 0.05) is 39.3 Å². The van der Waals surface area contributed by atoms with Gasteiger partial charge in [-0.2, -0.15) is 0 Å². The molecular weight excluding hydrogens is 458 g/mol. The van der Waals surface area contributed by atoms with E-state index >= 15 is 0 Å². The molecule has 5 aliphatic carbocycles. The summed E-state index contributed by atoms with van der Waals surface area (Å²) in [5.74, 6) is 2.81. The van der Waals surface area contributed by atoms with Crippen molar-refractivity contribution in [1.82, 2.24) is 10.3 Å². The smallest absolute Gasteiger partial charge is 0.251 e. The summed E-state index contributed by atoms with van der Waals surface area (Å²) >= 11 is 0. The zero-order valence-electron chi connectivity index (χ0n) is 21.5. The molecule has 1 aromatic heterocycles. The van der Waals surface area contributed by atoms with Crippen LogP contribution in [0, 0.1) is 23.7 Å². The molecule has 37 heavy (non-hydrogen) atoms. The second-order valence-electron chi connectivity index (χ2n) is 12.5. The van der Waals surface area contributed by atoms with Crippen molar-refractivity contribution in [1.29, 1.82) is 0 Å². The molecule has 0 atom stereocenters. The Hall–Kier alpha value is -3.08. The molecule has 5 nitrogen and oxygen atoms in total. The van der Waals surface area contributed by atoms with Crippen LogP contribution < -0.4 is 10.6 Å². The molecule has 0 radical (unpaired) electrons. The zero-order chi connectivity index (χ0) is 25.0. The molecule has 5 heteroatoms. The predicted molar refractivity (Wildman–Crippen MR) is 147 cm³/mol. The average Bonchev–Trinajstić information content (AvgIpc) is 3.32. The van der Waals surface area contributed by atoms with E-state index in [9.17, 15) is 9.59 Å². The molecule has 0 unspecified atom stereocenters. The zero-order valence-corrected chi connectivity index (χ0v) is 21.5. The number of H-pyrrole nitrogens is 1. The molecule has 3 aromatic rings. The van der Waals surface area contributed by atoms with E-state index in [0.717, 1.165) is 76.8 Å². The highest BCUT2D eigenvalue weighted by Crippen LogP contribution is 2.55. The van der Waals surface area contributed by atoms with Gasteiger partial charge in [0.05, 0.1) is 0 Å². The number of aromatic nitrogens is 1. The van der Waals surface area contributed by atoms with Gasteiger partial charge >= 0.3 is 0 Å². The Morgan fingerprint density at radius 3 is 2.16 bits per heavy atom. The van der Waals surface area contributed by atoms with Gasteiger partial charge in [0.2, 0.25) is 5.91 Å². The first-order chi connectivity index (χ1) is 18.0. The van der Waals surface area contributed by atoms with E-state index in [1.165, 1.54) is 44.9 Å². The number of amides is 2. The van der Waals surface area contributed by atoms with Crippen LogP contribution in [0.15, 0.2) is 48.5 Å². The fraction of sp³-hybridized carbons (Fsp3) is 0.500. The number of hydrogen-bond donors (Lipinski definition) is 3. The Morgan fingerprint density at radius 1 is 0.811 bits per heavy atom. The number of carbonyl (C=O) groups excluding carboxylic acids is 2. The SMILES string of the molecule is O=C(NC12CC3CC(CC(C3)C1)C2)c1ccc2[nH]c(-c3ccc(NC(=O)C4CCCCC4)cc3)cc2c1. The first kappa shape index (κ1) is 23.1. The summed E-state index contributed by atoms with van der Waals surface area (Å²) in [6.07, 6.45) is 13.2. The molecule has 0 saturated heterocycles. The minimum atomic E-state index is 0.0260. The predicted octanol–water partition coefficient (Wildman–Crippen LogP) is 7.05. The highest BCUT2D eigenvalue weighted by atomic mass is 16.2. The molecule has 2 aromatic carbocycles. The highest BCUT2D eigenvalue weighted by molar-refractivity contribution is 5.99. The lowest BCUT2D eigenvalue weighted by molar-refractivity contribution is -0.120. The van der Waals surface area contributed by atoms with Crippen molar-refractivity contribution < 1.29 is 9.59 Å². The molecule has 0 spiro atoms. The molecule has 8 rings (SSSR count). The van der Waals surface area contributed by atoms with E-state index in [-0.39, 0.29) is 23.3 Å². The van der Waals surface area contributed by atoms with Crippen LogP contribution in [0.4, 0.5) is 5.69 Å². The Bertz CT molecular complexity index is 1300. The summed E-state index contributed by atoms with van der Waals surface area (Å²) in [7, 11) is 0. The van der Waals surface area contributed by atoms with Crippen LogP contribution in [0.3, 0.4) is 0 Å². The molecule has 5 saturated carbocycles. The molecule has 0 aliphatic heterocycles. The number of nitrogens with one attached hydrogen (secondary N) is 3. The maximum Gasteiger partial charge on any atom is 0.251 e. The third kappa shape index (κ3) is 4.47. The van der Waals surface area contributed by atoms with Gasteiger partial charge in [-0.1, -0.05) is 31.4 Å². The Kier molecular flexibility index (Phi) is 5.63. The third-order valence-corrected chi connectivity index (χ3v) is 9.74. The van der Waals surface area contributed by atoms with E-state index < -0.39 is 0 Å². The average molecular weight is 496 g/mol. The van der Waals surface area contributed by atoms with Crippen molar-refractivity contribution in [2.75, 3.05) is 5.32 Å². The Labute approximate surface area is 218 Å². The van der Waals surface area contributed by atoms with Crippen LogP contribution in [0.1, 0.15) is 81.0 Å². The number of anilines is 1. The van der Waals surface area contributed by atoms with Crippen LogP contribution in [-0.4, -0.2) is 22.3 Å². The van der Waals surface area contributed by atoms with Gasteiger partial charge in [0.25, 0.3) is 5.91 Å². The fourth-order valence-corrected chi connectivity index (χ4v) is 8.35. The van der Waals surface area contributed by atoms with E-state index in [0.29, 0.717) is 0 Å². The summed E-state index contributed by atoms with van der Waals surface area (Å²) in [4.78, 5) is 29.4. The van der Waals surface area contributed by atoms with Crippen LogP contribution in [0.5, 0.6) is 0 Å². The van der Waals surface area contributed by atoms with Crippen LogP contribution in [0.2, 0.25) is 0 Å². The highest BCUT2D eigenvalue weighted by Gasteiger charge is 2.51. The Morgan fingerprint density at radius 2 is 1.49 bits per heavy atom. The van der Waals surface area contributed by atoms with Crippen molar-refractivity contribution in [3.63, 3.8) is 0 Å². The summed E-state index contributed by atoms with van der Waals surface area (Å²) in [6.45, 7) is 0. The molecule has 5 fully saturated rings.